The molecule has 12 heteroatoms. The van der Waals surface area contributed by atoms with Crippen LogP contribution in [0.2, 0.25) is 0 Å². The van der Waals surface area contributed by atoms with Crippen LogP contribution in [0.4, 0.5) is 0 Å². The lowest BCUT2D eigenvalue weighted by molar-refractivity contribution is 0.627. The zero-order chi connectivity index (χ0) is 19.7. The molecule has 142 valence electrons. The maximum atomic E-state index is 11.7. The van der Waals surface area contributed by atoms with E-state index in [0.29, 0.717) is 17.1 Å². The van der Waals surface area contributed by atoms with Crippen molar-refractivity contribution < 1.29 is 0 Å². The van der Waals surface area contributed by atoms with Gasteiger partial charge in [0, 0.05) is 13.5 Å². The predicted molar refractivity (Wildman–Crippen MR) is 97.8 cm³/mol. The maximum absolute atomic E-state index is 11.7. The average Bonchev–Trinajstić information content (AvgIpc) is 3.19. The second-order valence-electron chi connectivity index (χ2n) is 6.33. The smallest absolute Gasteiger partial charge is 0.329 e. The molecule has 0 unspecified atom stereocenters. The lowest BCUT2D eigenvalue weighted by atomic mass is 10.1. The van der Waals surface area contributed by atoms with E-state index in [-0.39, 0.29) is 16.7 Å². The summed E-state index contributed by atoms with van der Waals surface area (Å²) < 4.78 is 1.03. The van der Waals surface area contributed by atoms with Gasteiger partial charge < -0.3 is 9.97 Å². The molecule has 4 aromatic heterocycles. The molecular formula is C15H18N8O4. The molecule has 4 heterocycles. The van der Waals surface area contributed by atoms with E-state index in [2.05, 4.69) is 48.7 Å². The van der Waals surface area contributed by atoms with Crippen LogP contribution < -0.4 is 22.5 Å². The fourth-order valence-corrected chi connectivity index (χ4v) is 2.46. The van der Waals surface area contributed by atoms with Gasteiger partial charge in [-0.05, 0) is 5.92 Å². The third-order valence-electron chi connectivity index (χ3n) is 3.73. The monoisotopic (exact) mass is 374 g/mol. The molecule has 12 nitrogen and oxygen atoms in total. The summed E-state index contributed by atoms with van der Waals surface area (Å²) in [6, 6.07) is 0. The highest BCUT2D eigenvalue weighted by Gasteiger charge is 2.10. The number of aromatic nitrogens is 8. The molecule has 0 amide bonds. The second-order valence-corrected chi connectivity index (χ2v) is 6.33. The van der Waals surface area contributed by atoms with Gasteiger partial charge in [-0.15, -0.1) is 0 Å². The quantitative estimate of drug-likeness (QED) is 0.303. The van der Waals surface area contributed by atoms with Gasteiger partial charge in [-0.25, -0.2) is 19.6 Å². The zero-order valence-electron chi connectivity index (χ0n) is 14.8. The highest BCUT2D eigenvalue weighted by atomic mass is 16.2. The molecule has 0 spiro atoms. The number of nitrogens with zero attached hydrogens (tertiary/aromatic N) is 3. The Morgan fingerprint density at radius 1 is 1.00 bits per heavy atom. The predicted octanol–water partition coefficient (Wildman–Crippen LogP) is -0.912. The molecule has 0 atom stereocenters. The third-order valence-corrected chi connectivity index (χ3v) is 3.73. The minimum atomic E-state index is -0.547. The SMILES string of the molecule is CC(C)Cc1nc2[nH]c(=O)n(C)c(=O)c2[nH]1.O=c1[nH]c(=O)c2[nH]cnc2[nH]1. The molecule has 0 aliphatic rings. The van der Waals surface area contributed by atoms with Crippen molar-refractivity contribution in [1.29, 1.82) is 0 Å². The van der Waals surface area contributed by atoms with Crippen LogP contribution in [0.3, 0.4) is 0 Å². The fraction of sp³-hybridized carbons (Fsp3) is 0.333. The largest absolute Gasteiger partial charge is 0.339 e. The van der Waals surface area contributed by atoms with E-state index in [9.17, 15) is 19.2 Å². The van der Waals surface area contributed by atoms with Crippen LogP contribution in [0.5, 0.6) is 0 Å². The molecule has 0 radical (unpaired) electrons. The van der Waals surface area contributed by atoms with E-state index in [4.69, 9.17) is 0 Å². The summed E-state index contributed by atoms with van der Waals surface area (Å²) >= 11 is 0. The van der Waals surface area contributed by atoms with E-state index in [1.807, 2.05) is 0 Å². The Morgan fingerprint density at radius 2 is 1.74 bits per heavy atom. The molecule has 4 aromatic rings. The molecule has 27 heavy (non-hydrogen) atoms. The lowest BCUT2D eigenvalue weighted by Crippen LogP contribution is -2.32. The number of H-pyrrole nitrogens is 5. The van der Waals surface area contributed by atoms with Crippen LogP contribution >= 0.6 is 0 Å². The van der Waals surface area contributed by atoms with Crippen molar-refractivity contribution in [3.05, 3.63) is 53.8 Å². The molecule has 0 aliphatic carbocycles. The van der Waals surface area contributed by atoms with Gasteiger partial charge in [-0.2, -0.15) is 0 Å². The van der Waals surface area contributed by atoms with Crippen molar-refractivity contribution in [2.45, 2.75) is 20.3 Å². The Kier molecular flexibility index (Phi) is 4.62. The average molecular weight is 374 g/mol. The van der Waals surface area contributed by atoms with Gasteiger partial charge in [-0.1, -0.05) is 13.8 Å². The number of fused-ring (bicyclic) bond motifs is 2. The third kappa shape index (κ3) is 3.63. The van der Waals surface area contributed by atoms with Crippen molar-refractivity contribution in [2.75, 3.05) is 0 Å². The van der Waals surface area contributed by atoms with E-state index >= 15 is 0 Å². The molecule has 0 aromatic carbocycles. The minimum absolute atomic E-state index is 0.277. The van der Waals surface area contributed by atoms with Crippen molar-refractivity contribution in [3.8, 4) is 0 Å². The Morgan fingerprint density at radius 3 is 2.44 bits per heavy atom. The topological polar surface area (TPSA) is 178 Å². The summed E-state index contributed by atoms with van der Waals surface area (Å²) in [5.41, 5.74) is -0.540. The summed E-state index contributed by atoms with van der Waals surface area (Å²) in [7, 11) is 1.43. The van der Waals surface area contributed by atoms with E-state index in [1.165, 1.54) is 13.4 Å². The van der Waals surface area contributed by atoms with Gasteiger partial charge in [-0.3, -0.25) is 29.1 Å². The Labute approximate surface area is 149 Å². The Bertz CT molecular complexity index is 1330. The van der Waals surface area contributed by atoms with E-state index in [0.717, 1.165) is 16.8 Å². The molecule has 0 fully saturated rings. The normalized spacial score (nSPS) is 11.1. The van der Waals surface area contributed by atoms with Crippen molar-refractivity contribution >= 4 is 22.3 Å². The number of hydrogen-bond acceptors (Lipinski definition) is 6. The number of hydrogen-bond donors (Lipinski definition) is 5. The number of aromatic amines is 5. The van der Waals surface area contributed by atoms with Crippen LogP contribution in [0.1, 0.15) is 19.7 Å². The van der Waals surface area contributed by atoms with Crippen molar-refractivity contribution in [3.63, 3.8) is 0 Å². The number of rotatable bonds is 2. The summed E-state index contributed by atoms with van der Waals surface area (Å²) in [5, 5.41) is 0. The molecule has 4 rings (SSSR count). The second kappa shape index (κ2) is 6.90. The van der Waals surface area contributed by atoms with Crippen LogP contribution in [0, 0.1) is 5.92 Å². The first kappa shape index (κ1) is 18.1. The van der Waals surface area contributed by atoms with E-state index < -0.39 is 16.9 Å². The summed E-state index contributed by atoms with van der Waals surface area (Å²) in [5.74, 6) is 1.17. The first-order valence-corrected chi connectivity index (χ1v) is 8.10. The summed E-state index contributed by atoms with van der Waals surface area (Å²) in [6.07, 6.45) is 2.09. The van der Waals surface area contributed by atoms with Gasteiger partial charge in [0.25, 0.3) is 11.1 Å². The Hall–Kier alpha value is -3.70. The van der Waals surface area contributed by atoms with Gasteiger partial charge >= 0.3 is 11.4 Å². The van der Waals surface area contributed by atoms with Crippen molar-refractivity contribution in [2.24, 2.45) is 13.0 Å². The van der Waals surface area contributed by atoms with Gasteiger partial charge in [0.15, 0.2) is 11.3 Å². The summed E-state index contributed by atoms with van der Waals surface area (Å²) in [4.78, 5) is 65.0. The highest BCUT2D eigenvalue weighted by Crippen LogP contribution is 2.07. The van der Waals surface area contributed by atoms with Gasteiger partial charge in [0.05, 0.1) is 6.33 Å². The molecule has 0 aliphatic heterocycles. The molecule has 0 bridgehead atoms. The first-order valence-electron chi connectivity index (χ1n) is 8.10. The van der Waals surface area contributed by atoms with Crippen LogP contribution in [0.15, 0.2) is 25.5 Å². The highest BCUT2D eigenvalue weighted by molar-refractivity contribution is 5.68. The maximum Gasteiger partial charge on any atom is 0.329 e. The van der Waals surface area contributed by atoms with E-state index in [1.54, 1.807) is 0 Å². The lowest BCUT2D eigenvalue weighted by Gasteiger charge is -1.98. The van der Waals surface area contributed by atoms with Crippen LogP contribution in [-0.4, -0.2) is 39.5 Å². The minimum Gasteiger partial charge on any atom is -0.339 e. The first-order chi connectivity index (χ1) is 12.8. The van der Waals surface area contributed by atoms with Gasteiger partial charge in [0.1, 0.15) is 16.9 Å². The van der Waals surface area contributed by atoms with Gasteiger partial charge in [0.2, 0.25) is 0 Å². The Balaban J connectivity index is 0.000000166. The number of imidazole rings is 2. The summed E-state index contributed by atoms with van der Waals surface area (Å²) in [6.45, 7) is 4.13. The molecule has 0 saturated heterocycles. The fourth-order valence-electron chi connectivity index (χ4n) is 2.46. The van der Waals surface area contributed by atoms with Crippen LogP contribution in [-0.2, 0) is 13.5 Å². The zero-order valence-corrected chi connectivity index (χ0v) is 14.8. The molecular weight excluding hydrogens is 356 g/mol. The molecule has 5 N–H and O–H groups in total. The number of nitrogens with one attached hydrogen (secondary N) is 5. The van der Waals surface area contributed by atoms with Crippen molar-refractivity contribution in [1.82, 2.24) is 39.5 Å². The molecule has 0 saturated carbocycles. The van der Waals surface area contributed by atoms with Crippen LogP contribution in [0.25, 0.3) is 22.3 Å². The standard InChI is InChI=1S/C10H14N4O2.C5H4N4O2/c1-5(2)4-6-11-7-8(12-6)13-10(16)14(3)9(7)15;10-4-2-3(7-1-6-2)8-5(11)9-4/h5H,4H2,1-3H3,(H,11,12)(H,13,16);1H,(H3,6,7,8,9,10,11).